The van der Waals surface area contributed by atoms with Gasteiger partial charge in [0.1, 0.15) is 0 Å². The molecule has 0 saturated carbocycles. The van der Waals surface area contributed by atoms with Gasteiger partial charge in [-0.1, -0.05) is 0 Å². The number of ether oxygens (including phenoxy) is 1. The van der Waals surface area contributed by atoms with Crippen molar-refractivity contribution in [3.8, 4) is 0 Å². The number of nitrogens with one attached hydrogen (secondary N) is 3. The number of hydrogen-bond acceptors (Lipinski definition) is 6. The Kier molecular flexibility index (Phi) is 7.16. The minimum atomic E-state index is -3.55. The Labute approximate surface area is 175 Å². The van der Waals surface area contributed by atoms with Crippen LogP contribution in [-0.2, 0) is 19.6 Å². The number of benzene rings is 2. The number of anilines is 2. The van der Waals surface area contributed by atoms with Crippen molar-refractivity contribution in [2.75, 3.05) is 50.5 Å². The molecule has 2 aromatic carbocycles. The van der Waals surface area contributed by atoms with Crippen LogP contribution in [0.5, 0.6) is 0 Å². The van der Waals surface area contributed by atoms with Crippen molar-refractivity contribution in [1.82, 2.24) is 9.62 Å². The molecule has 0 aliphatic carbocycles. The Balaban J connectivity index is 1.54. The first kappa shape index (κ1) is 21.9. The summed E-state index contributed by atoms with van der Waals surface area (Å²) in [6.07, 6.45) is 0. The molecule has 3 rings (SSSR count). The molecule has 0 unspecified atom stereocenters. The lowest BCUT2D eigenvalue weighted by atomic mass is 10.2. The van der Waals surface area contributed by atoms with E-state index in [-0.39, 0.29) is 16.7 Å². The Morgan fingerprint density at radius 1 is 0.933 bits per heavy atom. The standard InChI is InChI=1S/C20H24N4O5S/c1-21-30(27,28)18-8-2-15(3-9-18)20(26)23-17-6-4-16(5-7-17)22-19(25)14-24-10-12-29-13-11-24/h2-9,21H,10-14H2,1H3,(H,22,25)(H,23,26). The average molecular weight is 433 g/mol. The molecule has 10 heteroatoms. The van der Waals surface area contributed by atoms with E-state index in [0.29, 0.717) is 36.7 Å². The van der Waals surface area contributed by atoms with Crippen molar-refractivity contribution in [2.45, 2.75) is 4.90 Å². The van der Waals surface area contributed by atoms with Gasteiger partial charge in [-0.2, -0.15) is 0 Å². The van der Waals surface area contributed by atoms with Crippen LogP contribution in [-0.4, -0.2) is 65.0 Å². The summed E-state index contributed by atoms with van der Waals surface area (Å²) < 4.78 is 31.0. The lowest BCUT2D eigenvalue weighted by molar-refractivity contribution is -0.118. The van der Waals surface area contributed by atoms with Gasteiger partial charge in [-0.25, -0.2) is 13.1 Å². The number of hydrogen-bond donors (Lipinski definition) is 3. The van der Waals surface area contributed by atoms with Gasteiger partial charge in [0.25, 0.3) is 5.91 Å². The highest BCUT2D eigenvalue weighted by Crippen LogP contribution is 2.16. The van der Waals surface area contributed by atoms with Crippen LogP contribution in [0.2, 0.25) is 0 Å². The third kappa shape index (κ3) is 5.86. The first-order valence-corrected chi connectivity index (χ1v) is 10.9. The van der Waals surface area contributed by atoms with Gasteiger partial charge >= 0.3 is 0 Å². The molecule has 160 valence electrons. The van der Waals surface area contributed by atoms with Crippen LogP contribution < -0.4 is 15.4 Å². The van der Waals surface area contributed by atoms with Gasteiger partial charge in [0.15, 0.2) is 0 Å². The molecule has 0 spiro atoms. The zero-order valence-electron chi connectivity index (χ0n) is 16.6. The zero-order valence-corrected chi connectivity index (χ0v) is 17.4. The fourth-order valence-corrected chi connectivity index (χ4v) is 3.64. The lowest BCUT2D eigenvalue weighted by Gasteiger charge is -2.25. The molecule has 0 bridgehead atoms. The Hall–Kier alpha value is -2.79. The summed E-state index contributed by atoms with van der Waals surface area (Å²) >= 11 is 0. The Morgan fingerprint density at radius 2 is 1.50 bits per heavy atom. The van der Waals surface area contributed by atoms with Crippen LogP contribution in [0, 0.1) is 0 Å². The third-order valence-corrected chi connectivity index (χ3v) is 6.02. The highest BCUT2D eigenvalue weighted by atomic mass is 32.2. The minimum absolute atomic E-state index is 0.0822. The molecule has 9 nitrogen and oxygen atoms in total. The van der Waals surface area contributed by atoms with E-state index in [1.54, 1.807) is 24.3 Å². The van der Waals surface area contributed by atoms with Crippen molar-refractivity contribution in [3.05, 3.63) is 54.1 Å². The molecule has 0 atom stereocenters. The Bertz CT molecular complexity index is 985. The topological polar surface area (TPSA) is 117 Å². The predicted molar refractivity (Wildman–Crippen MR) is 113 cm³/mol. The number of carbonyl (C=O) groups excluding carboxylic acids is 2. The van der Waals surface area contributed by atoms with Gasteiger partial charge in [-0.05, 0) is 55.6 Å². The minimum Gasteiger partial charge on any atom is -0.379 e. The van der Waals surface area contributed by atoms with E-state index in [0.717, 1.165) is 13.1 Å². The van der Waals surface area contributed by atoms with Crippen LogP contribution in [0.15, 0.2) is 53.4 Å². The van der Waals surface area contributed by atoms with Gasteiger partial charge in [-0.3, -0.25) is 14.5 Å². The van der Waals surface area contributed by atoms with Crippen LogP contribution in [0.3, 0.4) is 0 Å². The molecule has 1 fully saturated rings. The van der Waals surface area contributed by atoms with E-state index >= 15 is 0 Å². The summed E-state index contributed by atoms with van der Waals surface area (Å²) in [5, 5.41) is 5.57. The van der Waals surface area contributed by atoms with Crippen molar-refractivity contribution in [3.63, 3.8) is 0 Å². The molecule has 1 heterocycles. The molecule has 2 aromatic rings. The third-order valence-electron chi connectivity index (χ3n) is 4.59. The predicted octanol–water partition coefficient (Wildman–Crippen LogP) is 1.12. The van der Waals surface area contributed by atoms with E-state index in [1.807, 2.05) is 4.90 Å². The van der Waals surface area contributed by atoms with Crippen molar-refractivity contribution < 1.29 is 22.7 Å². The number of morpholine rings is 1. The number of sulfonamides is 1. The second-order valence-electron chi connectivity index (χ2n) is 6.70. The highest BCUT2D eigenvalue weighted by molar-refractivity contribution is 7.89. The Morgan fingerprint density at radius 3 is 2.07 bits per heavy atom. The van der Waals surface area contributed by atoms with E-state index in [4.69, 9.17) is 4.74 Å². The van der Waals surface area contributed by atoms with Crippen LogP contribution >= 0.6 is 0 Å². The molecule has 2 amide bonds. The van der Waals surface area contributed by atoms with Crippen LogP contribution in [0.4, 0.5) is 11.4 Å². The second kappa shape index (κ2) is 9.81. The monoisotopic (exact) mass is 432 g/mol. The van der Waals surface area contributed by atoms with Crippen molar-refractivity contribution in [2.24, 2.45) is 0 Å². The molecule has 30 heavy (non-hydrogen) atoms. The maximum absolute atomic E-state index is 12.4. The number of carbonyl (C=O) groups is 2. The quantitative estimate of drug-likeness (QED) is 0.604. The smallest absolute Gasteiger partial charge is 0.255 e. The van der Waals surface area contributed by atoms with E-state index in [9.17, 15) is 18.0 Å². The van der Waals surface area contributed by atoms with Crippen LogP contribution in [0.25, 0.3) is 0 Å². The lowest BCUT2D eigenvalue weighted by Crippen LogP contribution is -2.41. The normalized spacial score (nSPS) is 14.8. The maximum Gasteiger partial charge on any atom is 0.255 e. The van der Waals surface area contributed by atoms with Gasteiger partial charge < -0.3 is 15.4 Å². The average Bonchev–Trinajstić information content (AvgIpc) is 2.76. The van der Waals surface area contributed by atoms with Gasteiger partial charge in [0.2, 0.25) is 15.9 Å². The van der Waals surface area contributed by atoms with Crippen molar-refractivity contribution in [1.29, 1.82) is 0 Å². The molecule has 0 aromatic heterocycles. The summed E-state index contributed by atoms with van der Waals surface area (Å²) in [7, 11) is -2.23. The highest BCUT2D eigenvalue weighted by Gasteiger charge is 2.15. The summed E-state index contributed by atoms with van der Waals surface area (Å²) in [5.74, 6) is -0.474. The molecule has 1 aliphatic rings. The number of amides is 2. The van der Waals surface area contributed by atoms with E-state index in [2.05, 4.69) is 15.4 Å². The van der Waals surface area contributed by atoms with Crippen LogP contribution in [0.1, 0.15) is 10.4 Å². The molecular formula is C20H24N4O5S. The maximum atomic E-state index is 12.4. The fourth-order valence-electron chi connectivity index (χ4n) is 2.91. The largest absolute Gasteiger partial charge is 0.379 e. The SMILES string of the molecule is CNS(=O)(=O)c1ccc(C(=O)Nc2ccc(NC(=O)CN3CCOCC3)cc2)cc1. The first-order chi connectivity index (χ1) is 14.4. The first-order valence-electron chi connectivity index (χ1n) is 9.42. The molecular weight excluding hydrogens is 408 g/mol. The summed E-state index contributed by atoms with van der Waals surface area (Å²) in [4.78, 5) is 26.6. The summed E-state index contributed by atoms with van der Waals surface area (Å²) in [6.45, 7) is 3.05. The van der Waals surface area contributed by atoms with Gasteiger partial charge in [0.05, 0.1) is 24.7 Å². The molecule has 1 saturated heterocycles. The van der Waals surface area contributed by atoms with E-state index < -0.39 is 10.0 Å². The number of rotatable bonds is 7. The fraction of sp³-hybridized carbons (Fsp3) is 0.300. The summed E-state index contributed by atoms with van der Waals surface area (Å²) in [6, 6.07) is 12.4. The molecule has 0 radical (unpaired) electrons. The second-order valence-corrected chi connectivity index (χ2v) is 8.59. The van der Waals surface area contributed by atoms with Gasteiger partial charge in [-0.15, -0.1) is 0 Å². The van der Waals surface area contributed by atoms with Crippen molar-refractivity contribution >= 4 is 33.2 Å². The summed E-state index contributed by atoms with van der Waals surface area (Å²) in [5.41, 5.74) is 1.51. The number of nitrogens with zero attached hydrogens (tertiary/aromatic N) is 1. The zero-order chi connectivity index (χ0) is 21.6. The molecule has 3 N–H and O–H groups in total. The molecule has 1 aliphatic heterocycles. The van der Waals surface area contributed by atoms with E-state index in [1.165, 1.54) is 31.3 Å². The van der Waals surface area contributed by atoms with Gasteiger partial charge in [0, 0.05) is 30.0 Å².